The Labute approximate surface area is 222 Å². The Bertz CT molecular complexity index is 1650. The fourth-order valence-electron chi connectivity index (χ4n) is 4.50. The van der Waals surface area contributed by atoms with E-state index in [0.29, 0.717) is 33.5 Å². The van der Waals surface area contributed by atoms with Crippen molar-refractivity contribution in [2.75, 3.05) is 12.4 Å². The number of carbonyl (C=O) groups is 1. The van der Waals surface area contributed by atoms with Gasteiger partial charge in [-0.1, -0.05) is 54.1 Å². The van der Waals surface area contributed by atoms with Crippen molar-refractivity contribution in [3.63, 3.8) is 0 Å². The molecule has 4 rings (SSSR count). The number of carbonyl (C=O) groups excluding carboxylic acids is 1. The highest BCUT2D eigenvalue weighted by molar-refractivity contribution is 5.86. The molecule has 0 aliphatic carbocycles. The number of nitrogens with zero attached hydrogens (tertiary/aromatic N) is 1. The fraction of sp³-hybridized carbons (Fsp3) is 0.167. The predicted octanol–water partition coefficient (Wildman–Crippen LogP) is 7.18. The van der Waals surface area contributed by atoms with Crippen LogP contribution in [0.1, 0.15) is 33.7 Å². The maximum absolute atomic E-state index is 14.3. The first kappa shape index (κ1) is 27.2. The smallest absolute Gasteiger partial charge is 0.417 e. The molecule has 0 aliphatic rings. The van der Waals surface area contributed by atoms with Crippen LogP contribution in [0.5, 0.6) is 0 Å². The summed E-state index contributed by atoms with van der Waals surface area (Å²) in [6, 6.07) is 21.3. The molecule has 1 unspecified atom stereocenters. The van der Waals surface area contributed by atoms with Crippen LogP contribution in [0.3, 0.4) is 0 Å². The monoisotopic (exact) mass is 531 g/mol. The fourth-order valence-corrected chi connectivity index (χ4v) is 4.50. The Morgan fingerprint density at radius 2 is 1.64 bits per heavy atom. The zero-order chi connectivity index (χ0) is 28.3. The number of nitriles is 1. The van der Waals surface area contributed by atoms with Crippen molar-refractivity contribution in [3.05, 3.63) is 111 Å². The summed E-state index contributed by atoms with van der Waals surface area (Å²) in [5.74, 6) is -1.41. The molecule has 4 aromatic rings. The number of aryl methyl sites for hydroxylation is 2. The van der Waals surface area contributed by atoms with E-state index in [-0.39, 0.29) is 5.69 Å². The molecule has 0 aliphatic heterocycles. The van der Waals surface area contributed by atoms with Gasteiger partial charge in [-0.2, -0.15) is 18.4 Å². The minimum absolute atomic E-state index is 0.0425. The molecule has 1 amide bonds. The van der Waals surface area contributed by atoms with Crippen molar-refractivity contribution in [1.82, 2.24) is 4.98 Å². The third kappa shape index (κ3) is 5.85. The number of anilines is 1. The number of hydrogen-bond acceptors (Lipinski definition) is 4. The van der Waals surface area contributed by atoms with E-state index >= 15 is 0 Å². The number of methoxy groups -OCH3 is 1. The van der Waals surface area contributed by atoms with Gasteiger partial charge in [0.2, 0.25) is 0 Å². The van der Waals surface area contributed by atoms with Crippen molar-refractivity contribution >= 4 is 11.8 Å². The molecule has 0 bridgehead atoms. The molecule has 0 spiro atoms. The number of nitrogens with one attached hydrogen (secondary N) is 2. The Morgan fingerprint density at radius 3 is 2.28 bits per heavy atom. The first-order valence-electron chi connectivity index (χ1n) is 11.9. The van der Waals surface area contributed by atoms with E-state index in [1.807, 2.05) is 13.0 Å². The standard InChI is InChI=1S/C30H24F3N3O3/c1-17-10-11-23(18(2)12-17)24(16-34)27-25(30(31,32)33)15-26(36-28(27)37)21-8-4-6-19(13-21)20-7-5-9-22(14-20)35-29(38)39-3/h4-15,24H,1-3H3,(H,35,38)(H,36,37). The van der Waals surface area contributed by atoms with Crippen LogP contribution in [0.25, 0.3) is 22.4 Å². The number of aromatic nitrogens is 1. The number of aromatic amines is 1. The maximum atomic E-state index is 14.3. The molecule has 198 valence electrons. The summed E-state index contributed by atoms with van der Waals surface area (Å²) < 4.78 is 47.6. The zero-order valence-corrected chi connectivity index (χ0v) is 21.3. The number of halogens is 3. The number of amides is 1. The molecule has 0 saturated carbocycles. The van der Waals surface area contributed by atoms with E-state index in [4.69, 9.17) is 0 Å². The number of hydrogen-bond donors (Lipinski definition) is 2. The van der Waals surface area contributed by atoms with Crippen molar-refractivity contribution in [3.8, 4) is 28.5 Å². The summed E-state index contributed by atoms with van der Waals surface area (Å²) in [6.45, 7) is 3.53. The molecular weight excluding hydrogens is 507 g/mol. The van der Waals surface area contributed by atoms with Gasteiger partial charge in [0.25, 0.3) is 5.56 Å². The highest BCUT2D eigenvalue weighted by Crippen LogP contribution is 2.38. The van der Waals surface area contributed by atoms with E-state index in [1.165, 1.54) is 7.11 Å². The van der Waals surface area contributed by atoms with Gasteiger partial charge in [-0.15, -0.1) is 0 Å². The topological polar surface area (TPSA) is 95.0 Å². The Morgan fingerprint density at radius 1 is 0.974 bits per heavy atom. The van der Waals surface area contributed by atoms with Gasteiger partial charge in [0.05, 0.1) is 24.3 Å². The SMILES string of the molecule is COC(=O)Nc1cccc(-c2cccc(-c3cc(C(F)(F)F)c(C(C#N)c4ccc(C)cc4C)c(=O)[nH]3)c2)c1. The summed E-state index contributed by atoms with van der Waals surface area (Å²) in [7, 11) is 1.24. The summed E-state index contributed by atoms with van der Waals surface area (Å²) in [6.07, 6.45) is -5.52. The lowest BCUT2D eigenvalue weighted by molar-refractivity contribution is -0.138. The van der Waals surface area contributed by atoms with Crippen molar-refractivity contribution in [2.45, 2.75) is 25.9 Å². The van der Waals surface area contributed by atoms with Crippen LogP contribution in [0, 0.1) is 25.2 Å². The highest BCUT2D eigenvalue weighted by Gasteiger charge is 2.38. The number of ether oxygens (including phenoxy) is 1. The first-order valence-corrected chi connectivity index (χ1v) is 11.9. The molecule has 1 heterocycles. The molecular formula is C30H24F3N3O3. The van der Waals surface area contributed by atoms with Crippen LogP contribution in [-0.2, 0) is 10.9 Å². The quantitative estimate of drug-likeness (QED) is 0.285. The third-order valence-electron chi connectivity index (χ3n) is 6.33. The summed E-state index contributed by atoms with van der Waals surface area (Å²) in [5, 5.41) is 12.4. The van der Waals surface area contributed by atoms with E-state index in [1.54, 1.807) is 73.7 Å². The first-order chi connectivity index (χ1) is 18.5. The molecule has 2 N–H and O–H groups in total. The molecule has 6 nitrogen and oxygen atoms in total. The largest absolute Gasteiger partial charge is 0.453 e. The van der Waals surface area contributed by atoms with E-state index in [0.717, 1.165) is 11.6 Å². The third-order valence-corrected chi connectivity index (χ3v) is 6.33. The number of benzene rings is 3. The average Bonchev–Trinajstić information content (AvgIpc) is 2.90. The Kier molecular flexibility index (Phi) is 7.58. The van der Waals surface area contributed by atoms with Crippen molar-refractivity contribution in [1.29, 1.82) is 5.26 Å². The minimum Gasteiger partial charge on any atom is -0.453 e. The van der Waals surface area contributed by atoms with Gasteiger partial charge in [0, 0.05) is 11.4 Å². The van der Waals surface area contributed by atoms with Crippen LogP contribution in [0.4, 0.5) is 23.7 Å². The van der Waals surface area contributed by atoms with Gasteiger partial charge >= 0.3 is 12.3 Å². The van der Waals surface area contributed by atoms with Gasteiger partial charge in [-0.05, 0) is 65.9 Å². The van der Waals surface area contributed by atoms with Crippen molar-refractivity contribution in [2.24, 2.45) is 0 Å². The highest BCUT2D eigenvalue weighted by atomic mass is 19.4. The van der Waals surface area contributed by atoms with Crippen LogP contribution in [-0.4, -0.2) is 18.2 Å². The van der Waals surface area contributed by atoms with E-state index in [9.17, 15) is 28.0 Å². The molecule has 1 aromatic heterocycles. The summed E-state index contributed by atoms with van der Waals surface area (Å²) in [5.41, 5.74) is 1.15. The second-order valence-electron chi connectivity index (χ2n) is 9.04. The Hall–Kier alpha value is -4.84. The lowest BCUT2D eigenvalue weighted by atomic mass is 9.86. The van der Waals surface area contributed by atoms with Crippen LogP contribution in [0.2, 0.25) is 0 Å². The van der Waals surface area contributed by atoms with Gasteiger partial charge in [0.1, 0.15) is 5.92 Å². The van der Waals surface area contributed by atoms with E-state index in [2.05, 4.69) is 15.0 Å². The minimum atomic E-state index is -4.88. The molecule has 0 radical (unpaired) electrons. The second-order valence-corrected chi connectivity index (χ2v) is 9.04. The maximum Gasteiger partial charge on any atom is 0.417 e. The average molecular weight is 532 g/mol. The van der Waals surface area contributed by atoms with Gasteiger partial charge < -0.3 is 9.72 Å². The molecule has 39 heavy (non-hydrogen) atoms. The van der Waals surface area contributed by atoms with Gasteiger partial charge in [-0.3, -0.25) is 10.1 Å². The second kappa shape index (κ2) is 10.9. The molecule has 9 heteroatoms. The van der Waals surface area contributed by atoms with Gasteiger partial charge in [0.15, 0.2) is 0 Å². The molecule has 3 aromatic carbocycles. The number of alkyl halides is 3. The summed E-state index contributed by atoms with van der Waals surface area (Å²) in [4.78, 5) is 27.3. The molecule has 0 saturated heterocycles. The van der Waals surface area contributed by atoms with Crippen LogP contribution < -0.4 is 10.9 Å². The lowest BCUT2D eigenvalue weighted by Gasteiger charge is -2.19. The van der Waals surface area contributed by atoms with Gasteiger partial charge in [-0.25, -0.2) is 4.79 Å². The molecule has 1 atom stereocenters. The Balaban J connectivity index is 1.82. The number of H-pyrrole nitrogens is 1. The van der Waals surface area contributed by atoms with Crippen LogP contribution in [0.15, 0.2) is 77.6 Å². The lowest BCUT2D eigenvalue weighted by Crippen LogP contribution is -2.24. The van der Waals surface area contributed by atoms with E-state index < -0.39 is 34.9 Å². The van der Waals surface area contributed by atoms with Crippen molar-refractivity contribution < 1.29 is 22.7 Å². The normalized spacial score (nSPS) is 11.9. The molecule has 0 fully saturated rings. The number of rotatable bonds is 5. The predicted molar refractivity (Wildman–Crippen MR) is 142 cm³/mol. The number of pyridine rings is 1. The summed E-state index contributed by atoms with van der Waals surface area (Å²) >= 11 is 0. The van der Waals surface area contributed by atoms with Crippen LogP contribution >= 0.6 is 0 Å². The zero-order valence-electron chi connectivity index (χ0n) is 21.3.